The number of benzene rings is 2. The summed E-state index contributed by atoms with van der Waals surface area (Å²) < 4.78 is 26.1. The summed E-state index contributed by atoms with van der Waals surface area (Å²) in [5, 5.41) is 3.57. The number of carbonyl (C=O) groups excluding carboxylic acids is 2. The van der Waals surface area contributed by atoms with E-state index in [1.165, 1.54) is 23.1 Å². The van der Waals surface area contributed by atoms with Gasteiger partial charge in [-0.25, -0.2) is 8.42 Å². The highest BCUT2D eigenvalue weighted by molar-refractivity contribution is 7.92. The summed E-state index contributed by atoms with van der Waals surface area (Å²) >= 11 is 24.5. The lowest BCUT2D eigenvalue weighted by Gasteiger charge is -2.32. The Balaban J connectivity index is 2.43. The van der Waals surface area contributed by atoms with Crippen molar-refractivity contribution in [2.45, 2.75) is 33.4 Å². The molecule has 12 heteroatoms. The highest BCUT2D eigenvalue weighted by Gasteiger charge is 2.31. The van der Waals surface area contributed by atoms with Gasteiger partial charge in [0.15, 0.2) is 0 Å². The molecular weight excluding hydrogens is 556 g/mol. The van der Waals surface area contributed by atoms with Crippen LogP contribution in [0.5, 0.6) is 0 Å². The van der Waals surface area contributed by atoms with E-state index in [2.05, 4.69) is 5.32 Å². The van der Waals surface area contributed by atoms with Crippen LogP contribution < -0.4 is 9.62 Å². The fourth-order valence-corrected chi connectivity index (χ4v) is 4.77. The molecule has 7 nitrogen and oxygen atoms in total. The van der Waals surface area contributed by atoms with Gasteiger partial charge in [-0.15, -0.1) is 0 Å². The third kappa shape index (κ3) is 8.15. The normalized spacial score (nSPS) is 12.4. The molecule has 0 aliphatic heterocycles. The predicted molar refractivity (Wildman–Crippen MR) is 143 cm³/mol. The van der Waals surface area contributed by atoms with Gasteiger partial charge in [0.05, 0.1) is 32.0 Å². The van der Waals surface area contributed by atoms with Gasteiger partial charge in [-0.1, -0.05) is 72.4 Å². The lowest BCUT2D eigenvalue weighted by Crippen LogP contribution is -2.51. The molecule has 2 rings (SSSR count). The van der Waals surface area contributed by atoms with E-state index < -0.39 is 28.5 Å². The zero-order valence-electron chi connectivity index (χ0n) is 19.7. The molecule has 0 saturated heterocycles. The van der Waals surface area contributed by atoms with Gasteiger partial charge >= 0.3 is 0 Å². The molecule has 0 saturated carbocycles. The van der Waals surface area contributed by atoms with Crippen LogP contribution in [0.2, 0.25) is 20.1 Å². The maximum atomic E-state index is 13.5. The van der Waals surface area contributed by atoms with E-state index in [9.17, 15) is 18.0 Å². The minimum absolute atomic E-state index is 0.00708. The molecule has 0 bridgehead atoms. The van der Waals surface area contributed by atoms with E-state index in [-0.39, 0.29) is 39.1 Å². The number of anilines is 1. The summed E-state index contributed by atoms with van der Waals surface area (Å²) in [6, 6.07) is 8.42. The first-order valence-corrected chi connectivity index (χ1v) is 14.0. The van der Waals surface area contributed by atoms with Crippen LogP contribution in [0.15, 0.2) is 36.4 Å². The third-order valence-electron chi connectivity index (χ3n) is 5.07. The van der Waals surface area contributed by atoms with Crippen molar-refractivity contribution in [1.82, 2.24) is 10.2 Å². The van der Waals surface area contributed by atoms with Crippen LogP contribution in [0.25, 0.3) is 0 Å². The molecule has 0 radical (unpaired) electrons. The number of amides is 2. The van der Waals surface area contributed by atoms with Gasteiger partial charge in [-0.3, -0.25) is 13.9 Å². The first-order chi connectivity index (χ1) is 16.2. The van der Waals surface area contributed by atoms with E-state index in [0.29, 0.717) is 17.1 Å². The molecule has 0 aromatic heterocycles. The van der Waals surface area contributed by atoms with Gasteiger partial charge in [0.1, 0.15) is 12.6 Å². The van der Waals surface area contributed by atoms with Crippen molar-refractivity contribution in [2.24, 2.45) is 5.92 Å². The maximum Gasteiger partial charge on any atom is 0.244 e. The Kier molecular flexibility index (Phi) is 10.5. The maximum absolute atomic E-state index is 13.5. The number of nitrogens with zero attached hydrogens (tertiary/aromatic N) is 2. The number of halogens is 4. The number of sulfonamides is 1. The summed E-state index contributed by atoms with van der Waals surface area (Å²) in [5.74, 6) is -0.792. The first kappa shape index (κ1) is 29.5. The fraction of sp³-hybridized carbons (Fsp3) is 0.391. The largest absolute Gasteiger partial charge is 0.354 e. The Morgan fingerprint density at radius 1 is 0.971 bits per heavy atom. The second-order valence-electron chi connectivity index (χ2n) is 8.43. The Morgan fingerprint density at radius 3 is 2.20 bits per heavy atom. The molecule has 2 aromatic rings. The average molecular weight is 583 g/mol. The zero-order valence-corrected chi connectivity index (χ0v) is 23.5. The van der Waals surface area contributed by atoms with Crippen molar-refractivity contribution in [2.75, 3.05) is 23.7 Å². The van der Waals surface area contributed by atoms with E-state index in [4.69, 9.17) is 46.4 Å². The number of hydrogen-bond donors (Lipinski definition) is 1. The highest BCUT2D eigenvalue weighted by atomic mass is 35.5. The minimum Gasteiger partial charge on any atom is -0.354 e. The first-order valence-electron chi connectivity index (χ1n) is 10.6. The SMILES string of the molecule is CC(C)CNC(=O)[C@H](C)N(Cc1ccc(Cl)c(Cl)c1)C(=O)CN(c1cccc(Cl)c1Cl)S(C)(=O)=O. The van der Waals surface area contributed by atoms with Crippen LogP contribution in [0.4, 0.5) is 5.69 Å². The van der Waals surface area contributed by atoms with Crippen LogP contribution in [0, 0.1) is 5.92 Å². The van der Waals surface area contributed by atoms with E-state index in [0.717, 1.165) is 10.6 Å². The molecule has 1 atom stereocenters. The van der Waals surface area contributed by atoms with Gasteiger partial charge < -0.3 is 10.2 Å². The molecular formula is C23H27Cl4N3O4S. The lowest BCUT2D eigenvalue weighted by atomic mass is 10.1. The van der Waals surface area contributed by atoms with Gasteiger partial charge in [-0.2, -0.15) is 0 Å². The number of hydrogen-bond acceptors (Lipinski definition) is 4. The van der Waals surface area contributed by atoms with Gasteiger partial charge in [0, 0.05) is 13.1 Å². The Morgan fingerprint density at radius 2 is 1.63 bits per heavy atom. The topological polar surface area (TPSA) is 86.8 Å². The van der Waals surface area contributed by atoms with Crippen molar-refractivity contribution < 1.29 is 18.0 Å². The monoisotopic (exact) mass is 581 g/mol. The Hall–Kier alpha value is -1.71. The van der Waals surface area contributed by atoms with Crippen molar-refractivity contribution in [3.63, 3.8) is 0 Å². The molecule has 1 N–H and O–H groups in total. The number of nitrogens with one attached hydrogen (secondary N) is 1. The van der Waals surface area contributed by atoms with E-state index in [1.807, 2.05) is 13.8 Å². The number of carbonyl (C=O) groups is 2. The fourth-order valence-electron chi connectivity index (χ4n) is 3.15. The van der Waals surface area contributed by atoms with Crippen LogP contribution in [0.1, 0.15) is 26.3 Å². The molecule has 0 spiro atoms. The molecule has 0 unspecified atom stereocenters. The Labute approximate surface area is 226 Å². The molecule has 0 heterocycles. The molecule has 35 heavy (non-hydrogen) atoms. The van der Waals surface area contributed by atoms with Crippen LogP contribution in [0.3, 0.4) is 0 Å². The smallest absolute Gasteiger partial charge is 0.244 e. The minimum atomic E-state index is -3.93. The zero-order chi connectivity index (χ0) is 26.5. The quantitative estimate of drug-likeness (QED) is 0.414. The third-order valence-corrected chi connectivity index (χ3v) is 7.74. The number of rotatable bonds is 10. The summed E-state index contributed by atoms with van der Waals surface area (Å²) in [6.07, 6.45) is 0.958. The van der Waals surface area contributed by atoms with Gasteiger partial charge in [-0.05, 0) is 42.7 Å². The lowest BCUT2D eigenvalue weighted by molar-refractivity contribution is -0.139. The second-order valence-corrected chi connectivity index (χ2v) is 11.9. The van der Waals surface area contributed by atoms with Crippen molar-refractivity contribution in [3.8, 4) is 0 Å². The molecule has 2 aromatic carbocycles. The molecule has 0 aliphatic carbocycles. The van der Waals surface area contributed by atoms with Crippen molar-refractivity contribution in [1.29, 1.82) is 0 Å². The standard InChI is InChI=1S/C23H27Cl4N3O4S/c1-14(2)11-28-23(32)15(3)29(12-16-8-9-17(24)19(26)10-16)21(31)13-30(35(4,33)34)20-7-5-6-18(25)22(20)27/h5-10,14-15H,11-13H2,1-4H3,(H,28,32)/t15-/m0/s1. The van der Waals surface area contributed by atoms with Crippen LogP contribution in [-0.2, 0) is 26.2 Å². The van der Waals surface area contributed by atoms with Crippen LogP contribution in [-0.4, -0.2) is 50.5 Å². The molecule has 0 aliphatic rings. The van der Waals surface area contributed by atoms with E-state index >= 15 is 0 Å². The van der Waals surface area contributed by atoms with Crippen molar-refractivity contribution >= 4 is 73.9 Å². The summed E-state index contributed by atoms with van der Waals surface area (Å²) in [6.45, 7) is 5.28. The van der Waals surface area contributed by atoms with Crippen LogP contribution >= 0.6 is 46.4 Å². The van der Waals surface area contributed by atoms with Crippen molar-refractivity contribution in [3.05, 3.63) is 62.1 Å². The highest BCUT2D eigenvalue weighted by Crippen LogP contribution is 2.34. The summed E-state index contributed by atoms with van der Waals surface area (Å²) in [7, 11) is -3.93. The summed E-state index contributed by atoms with van der Waals surface area (Å²) in [4.78, 5) is 27.6. The Bertz CT molecular complexity index is 1190. The predicted octanol–water partition coefficient (Wildman–Crippen LogP) is 5.26. The van der Waals surface area contributed by atoms with E-state index in [1.54, 1.807) is 25.1 Å². The average Bonchev–Trinajstić information content (AvgIpc) is 2.77. The second kappa shape index (κ2) is 12.5. The summed E-state index contributed by atoms with van der Waals surface area (Å²) in [5.41, 5.74) is 0.671. The molecule has 0 fully saturated rings. The molecule has 2 amide bonds. The molecule has 192 valence electrons. The van der Waals surface area contributed by atoms with Gasteiger partial charge in [0.25, 0.3) is 0 Å². The van der Waals surface area contributed by atoms with Gasteiger partial charge in [0.2, 0.25) is 21.8 Å².